The minimum atomic E-state index is -0.664. The predicted molar refractivity (Wildman–Crippen MR) is 49.9 cm³/mol. The van der Waals surface area contributed by atoms with Crippen LogP contribution in [0.2, 0.25) is 0 Å². The maximum absolute atomic E-state index is 10.2. The molecule has 1 N–H and O–H groups in total. The standard InChI is InChI=1S/C7H12O2S2/c8-7(9)3-1-2-6-4-10-11-5-6/h6H,1-5H2,(H,8,9). The van der Waals surface area contributed by atoms with Crippen molar-refractivity contribution in [3.05, 3.63) is 0 Å². The van der Waals surface area contributed by atoms with Crippen LogP contribution in [-0.2, 0) is 4.79 Å². The lowest BCUT2D eigenvalue weighted by Crippen LogP contribution is -2.03. The van der Waals surface area contributed by atoms with Gasteiger partial charge >= 0.3 is 5.97 Å². The van der Waals surface area contributed by atoms with Crippen molar-refractivity contribution in [2.24, 2.45) is 5.92 Å². The van der Waals surface area contributed by atoms with Crippen molar-refractivity contribution in [1.29, 1.82) is 0 Å². The second kappa shape index (κ2) is 4.93. The normalized spacial score (nSPS) is 18.9. The van der Waals surface area contributed by atoms with E-state index >= 15 is 0 Å². The number of rotatable bonds is 4. The smallest absolute Gasteiger partial charge is 0.303 e. The molecule has 0 aromatic heterocycles. The van der Waals surface area contributed by atoms with E-state index < -0.39 is 5.97 Å². The first-order valence-electron chi connectivity index (χ1n) is 3.75. The predicted octanol–water partition coefficient (Wildman–Crippen LogP) is 2.25. The zero-order valence-corrected chi connectivity index (χ0v) is 7.92. The van der Waals surface area contributed by atoms with Crippen LogP contribution >= 0.6 is 21.6 Å². The van der Waals surface area contributed by atoms with Crippen molar-refractivity contribution in [1.82, 2.24) is 0 Å². The average molecular weight is 192 g/mol. The van der Waals surface area contributed by atoms with Gasteiger partial charge in [-0.2, -0.15) is 0 Å². The van der Waals surface area contributed by atoms with Gasteiger partial charge in [-0.25, -0.2) is 0 Å². The van der Waals surface area contributed by atoms with Crippen LogP contribution in [0, 0.1) is 5.92 Å². The molecular formula is C7H12O2S2. The molecule has 0 aromatic carbocycles. The highest BCUT2D eigenvalue weighted by atomic mass is 33.1. The maximum Gasteiger partial charge on any atom is 0.303 e. The summed E-state index contributed by atoms with van der Waals surface area (Å²) in [7, 11) is 3.82. The van der Waals surface area contributed by atoms with Crippen LogP contribution in [0.4, 0.5) is 0 Å². The van der Waals surface area contributed by atoms with E-state index in [-0.39, 0.29) is 0 Å². The number of carboxylic acids is 1. The Labute approximate surface area is 74.5 Å². The summed E-state index contributed by atoms with van der Waals surface area (Å²) in [6.07, 6.45) is 2.28. The fourth-order valence-electron chi connectivity index (χ4n) is 1.05. The van der Waals surface area contributed by atoms with E-state index in [2.05, 4.69) is 0 Å². The number of carboxylic acid groups (broad SMARTS) is 1. The summed E-state index contributed by atoms with van der Waals surface area (Å²) in [6.45, 7) is 0. The van der Waals surface area contributed by atoms with Gasteiger partial charge in [-0.05, 0) is 18.8 Å². The molecule has 2 nitrogen and oxygen atoms in total. The Hall–Kier alpha value is 0.170. The van der Waals surface area contributed by atoms with Crippen molar-refractivity contribution in [3.63, 3.8) is 0 Å². The van der Waals surface area contributed by atoms with Gasteiger partial charge in [0.25, 0.3) is 0 Å². The Bertz CT molecular complexity index is 132. The van der Waals surface area contributed by atoms with Gasteiger partial charge in [0.2, 0.25) is 0 Å². The van der Waals surface area contributed by atoms with Crippen molar-refractivity contribution < 1.29 is 9.90 Å². The molecule has 1 aliphatic rings. The molecule has 11 heavy (non-hydrogen) atoms. The number of aliphatic carboxylic acids is 1. The van der Waals surface area contributed by atoms with Crippen LogP contribution in [0.3, 0.4) is 0 Å². The molecular weight excluding hydrogens is 180 g/mol. The van der Waals surface area contributed by atoms with Crippen LogP contribution in [0.25, 0.3) is 0 Å². The fourth-order valence-corrected chi connectivity index (χ4v) is 4.07. The third-order valence-corrected chi connectivity index (χ3v) is 4.39. The van der Waals surface area contributed by atoms with Crippen LogP contribution in [-0.4, -0.2) is 22.6 Å². The minimum absolute atomic E-state index is 0.339. The van der Waals surface area contributed by atoms with Gasteiger partial charge in [-0.3, -0.25) is 4.79 Å². The van der Waals surface area contributed by atoms with Crippen molar-refractivity contribution in [2.75, 3.05) is 11.5 Å². The first kappa shape index (κ1) is 9.26. The van der Waals surface area contributed by atoms with E-state index in [4.69, 9.17) is 5.11 Å². The van der Waals surface area contributed by atoms with E-state index in [1.807, 2.05) is 21.6 Å². The van der Waals surface area contributed by atoms with Crippen LogP contribution in [0.15, 0.2) is 0 Å². The lowest BCUT2D eigenvalue weighted by atomic mass is 10.1. The topological polar surface area (TPSA) is 37.3 Å². The molecule has 0 bridgehead atoms. The summed E-state index contributed by atoms with van der Waals surface area (Å²) in [5, 5.41) is 8.38. The summed E-state index contributed by atoms with van der Waals surface area (Å²) >= 11 is 0. The zero-order chi connectivity index (χ0) is 8.10. The lowest BCUT2D eigenvalue weighted by molar-refractivity contribution is -0.137. The lowest BCUT2D eigenvalue weighted by Gasteiger charge is -2.03. The van der Waals surface area contributed by atoms with E-state index in [0.717, 1.165) is 18.8 Å². The summed E-state index contributed by atoms with van der Waals surface area (Å²) in [5.74, 6) is 2.53. The molecule has 0 atom stereocenters. The first-order chi connectivity index (χ1) is 5.29. The third kappa shape index (κ3) is 3.91. The Morgan fingerprint density at radius 3 is 2.64 bits per heavy atom. The quantitative estimate of drug-likeness (QED) is 0.693. The summed E-state index contributed by atoms with van der Waals surface area (Å²) in [5.41, 5.74) is 0. The Morgan fingerprint density at radius 1 is 1.45 bits per heavy atom. The minimum Gasteiger partial charge on any atom is -0.481 e. The van der Waals surface area contributed by atoms with Crippen LogP contribution in [0.5, 0.6) is 0 Å². The van der Waals surface area contributed by atoms with E-state index in [1.165, 1.54) is 11.5 Å². The zero-order valence-electron chi connectivity index (χ0n) is 6.28. The number of hydrogen-bond acceptors (Lipinski definition) is 3. The monoisotopic (exact) mass is 192 g/mol. The molecule has 0 radical (unpaired) electrons. The summed E-state index contributed by atoms with van der Waals surface area (Å²) < 4.78 is 0. The molecule has 1 aliphatic heterocycles. The molecule has 0 amide bonds. The Kier molecular flexibility index (Phi) is 4.15. The van der Waals surface area contributed by atoms with Gasteiger partial charge in [-0.1, -0.05) is 21.6 Å². The van der Waals surface area contributed by atoms with E-state index in [9.17, 15) is 4.79 Å². The molecule has 64 valence electrons. The SMILES string of the molecule is O=C(O)CCCC1CSSC1. The van der Waals surface area contributed by atoms with Crippen molar-refractivity contribution in [3.8, 4) is 0 Å². The maximum atomic E-state index is 10.2. The Morgan fingerprint density at radius 2 is 2.09 bits per heavy atom. The number of hydrogen-bond donors (Lipinski definition) is 1. The fraction of sp³-hybridized carbons (Fsp3) is 0.857. The van der Waals surface area contributed by atoms with Gasteiger partial charge in [0, 0.05) is 17.9 Å². The van der Waals surface area contributed by atoms with Gasteiger partial charge in [-0.15, -0.1) is 0 Å². The molecule has 4 heteroatoms. The summed E-state index contributed by atoms with van der Waals surface area (Å²) in [4.78, 5) is 10.2. The van der Waals surface area contributed by atoms with Crippen LogP contribution < -0.4 is 0 Å². The average Bonchev–Trinajstić information content (AvgIpc) is 2.39. The highest BCUT2D eigenvalue weighted by Gasteiger charge is 2.15. The van der Waals surface area contributed by atoms with Gasteiger partial charge in [0.1, 0.15) is 0 Å². The van der Waals surface area contributed by atoms with Gasteiger partial charge < -0.3 is 5.11 Å². The van der Waals surface area contributed by atoms with Gasteiger partial charge in [0.15, 0.2) is 0 Å². The highest BCUT2D eigenvalue weighted by Crippen LogP contribution is 2.36. The van der Waals surface area contributed by atoms with E-state index in [1.54, 1.807) is 0 Å². The van der Waals surface area contributed by atoms with E-state index in [0.29, 0.717) is 6.42 Å². The van der Waals surface area contributed by atoms with Crippen molar-refractivity contribution >= 4 is 27.6 Å². The highest BCUT2D eigenvalue weighted by molar-refractivity contribution is 8.77. The molecule has 1 saturated heterocycles. The molecule has 0 unspecified atom stereocenters. The molecule has 0 spiro atoms. The molecule has 0 aliphatic carbocycles. The Balaban J connectivity index is 1.98. The summed E-state index contributed by atoms with van der Waals surface area (Å²) in [6, 6.07) is 0. The first-order valence-corrected chi connectivity index (χ1v) is 6.24. The third-order valence-electron chi connectivity index (χ3n) is 1.69. The molecule has 1 rings (SSSR count). The second-order valence-electron chi connectivity index (χ2n) is 2.72. The molecule has 1 fully saturated rings. The largest absolute Gasteiger partial charge is 0.481 e. The molecule has 0 saturated carbocycles. The second-order valence-corrected chi connectivity index (χ2v) is 5.27. The molecule has 1 heterocycles. The van der Waals surface area contributed by atoms with Crippen LogP contribution in [0.1, 0.15) is 19.3 Å². The molecule has 0 aromatic rings. The van der Waals surface area contributed by atoms with Gasteiger partial charge in [0.05, 0.1) is 0 Å². The van der Waals surface area contributed by atoms with Crippen molar-refractivity contribution in [2.45, 2.75) is 19.3 Å². The number of carbonyl (C=O) groups is 1.